The largest absolute Gasteiger partial charge is 0.370 e. The molecule has 2 rings (SSSR count). The zero-order valence-electron chi connectivity index (χ0n) is 15.5. The molecule has 1 heterocycles. The third-order valence-electron chi connectivity index (χ3n) is 3.87. The van der Waals surface area contributed by atoms with Crippen LogP contribution >= 0.6 is 11.8 Å². The average Bonchev–Trinajstić information content (AvgIpc) is 2.95. The molecule has 0 aliphatic carbocycles. The van der Waals surface area contributed by atoms with E-state index in [0.717, 1.165) is 23.1 Å². The monoisotopic (exact) mass is 371 g/mol. The van der Waals surface area contributed by atoms with Crippen LogP contribution in [0.5, 0.6) is 0 Å². The highest BCUT2D eigenvalue weighted by molar-refractivity contribution is 8.00. The van der Waals surface area contributed by atoms with Crippen molar-refractivity contribution in [3.8, 4) is 6.07 Å². The number of aryl methyl sites for hydroxylation is 2. The number of rotatable bonds is 9. The maximum atomic E-state index is 11.1. The quantitative estimate of drug-likeness (QED) is 0.684. The van der Waals surface area contributed by atoms with Gasteiger partial charge in [0.05, 0.1) is 6.07 Å². The summed E-state index contributed by atoms with van der Waals surface area (Å²) < 4.78 is 2.01. The second-order valence-electron chi connectivity index (χ2n) is 6.79. The Morgan fingerprint density at radius 2 is 2.00 bits per heavy atom. The van der Waals surface area contributed by atoms with E-state index >= 15 is 0 Å². The Morgan fingerprint density at radius 3 is 2.58 bits per heavy atom. The summed E-state index contributed by atoms with van der Waals surface area (Å²) in [6.07, 6.45) is 1.35. The molecule has 0 aliphatic heterocycles. The number of carbonyl (C=O) groups is 1. The van der Waals surface area contributed by atoms with Crippen LogP contribution in [-0.2, 0) is 24.2 Å². The summed E-state index contributed by atoms with van der Waals surface area (Å²) in [5, 5.41) is 18.5. The van der Waals surface area contributed by atoms with Crippen LogP contribution in [0, 0.1) is 24.2 Å². The number of nitrogens with zero attached hydrogens (tertiary/aromatic N) is 4. The van der Waals surface area contributed by atoms with Gasteiger partial charge in [-0.15, -0.1) is 10.2 Å². The molecule has 7 heteroatoms. The van der Waals surface area contributed by atoms with Gasteiger partial charge in [-0.05, 0) is 24.8 Å². The van der Waals surface area contributed by atoms with Gasteiger partial charge in [-0.3, -0.25) is 4.79 Å². The van der Waals surface area contributed by atoms with E-state index < -0.39 is 0 Å². The zero-order chi connectivity index (χ0) is 19.1. The Kier molecular flexibility index (Phi) is 7.22. The van der Waals surface area contributed by atoms with E-state index in [1.807, 2.05) is 11.5 Å². The smallest absolute Gasteiger partial charge is 0.217 e. The van der Waals surface area contributed by atoms with E-state index in [0.29, 0.717) is 18.8 Å². The van der Waals surface area contributed by atoms with Gasteiger partial charge in [-0.1, -0.05) is 55.4 Å². The molecule has 1 aromatic carbocycles. The standard InChI is InChI=1S/C19H25N5OS/c1-13(2)12-24-18(9-8-17(21)25)22-23-19(24)26-16(11-20)10-15-6-4-14(3)5-7-15/h4-7,13,16H,8-10,12H2,1-3H3,(H2,21,25)/t16-/m0/s1. The van der Waals surface area contributed by atoms with Crippen molar-refractivity contribution in [3.63, 3.8) is 0 Å². The molecule has 2 aromatic rings. The van der Waals surface area contributed by atoms with Crippen molar-refractivity contribution in [2.75, 3.05) is 0 Å². The maximum Gasteiger partial charge on any atom is 0.217 e. The SMILES string of the molecule is Cc1ccc(C[C@@H](C#N)Sc2nnc(CCC(N)=O)n2CC(C)C)cc1. The van der Waals surface area contributed by atoms with Gasteiger partial charge in [-0.2, -0.15) is 5.26 Å². The van der Waals surface area contributed by atoms with Gasteiger partial charge in [-0.25, -0.2) is 0 Å². The molecule has 0 saturated heterocycles. The molecular weight excluding hydrogens is 346 g/mol. The lowest BCUT2D eigenvalue weighted by molar-refractivity contribution is -0.118. The van der Waals surface area contributed by atoms with Gasteiger partial charge in [0.1, 0.15) is 11.1 Å². The second-order valence-corrected chi connectivity index (χ2v) is 7.96. The molecule has 0 spiro atoms. The Morgan fingerprint density at radius 1 is 1.31 bits per heavy atom. The minimum absolute atomic E-state index is 0.242. The minimum atomic E-state index is -0.354. The summed E-state index contributed by atoms with van der Waals surface area (Å²) in [4.78, 5) is 11.1. The van der Waals surface area contributed by atoms with Gasteiger partial charge in [0.15, 0.2) is 5.16 Å². The van der Waals surface area contributed by atoms with Crippen molar-refractivity contribution in [1.29, 1.82) is 5.26 Å². The van der Waals surface area contributed by atoms with Gasteiger partial charge >= 0.3 is 0 Å². The van der Waals surface area contributed by atoms with Crippen LogP contribution in [0.4, 0.5) is 0 Å². The average molecular weight is 372 g/mol. The Labute approximate surface area is 158 Å². The van der Waals surface area contributed by atoms with Crippen LogP contribution in [0.2, 0.25) is 0 Å². The number of hydrogen-bond donors (Lipinski definition) is 1. The molecule has 1 amide bonds. The van der Waals surface area contributed by atoms with Gasteiger partial charge < -0.3 is 10.3 Å². The molecular formula is C19H25N5OS. The number of amides is 1. The summed E-state index contributed by atoms with van der Waals surface area (Å²) in [5.74, 6) is 0.787. The highest BCUT2D eigenvalue weighted by Gasteiger charge is 2.19. The lowest BCUT2D eigenvalue weighted by Crippen LogP contribution is -2.15. The van der Waals surface area contributed by atoms with E-state index in [1.165, 1.54) is 17.3 Å². The van der Waals surface area contributed by atoms with Crippen LogP contribution in [-0.4, -0.2) is 25.9 Å². The molecule has 0 fully saturated rings. The topological polar surface area (TPSA) is 97.6 Å². The number of thioether (sulfide) groups is 1. The molecule has 6 nitrogen and oxygen atoms in total. The van der Waals surface area contributed by atoms with E-state index in [1.54, 1.807) is 0 Å². The predicted octanol–water partition coefficient (Wildman–Crippen LogP) is 2.89. The Hall–Kier alpha value is -2.33. The second kappa shape index (κ2) is 9.39. The molecule has 1 atom stereocenters. The highest BCUT2D eigenvalue weighted by atomic mass is 32.2. The number of carbonyl (C=O) groups excluding carboxylic acids is 1. The number of primary amides is 1. The van der Waals surface area contributed by atoms with E-state index in [9.17, 15) is 10.1 Å². The highest BCUT2D eigenvalue weighted by Crippen LogP contribution is 2.26. The molecule has 26 heavy (non-hydrogen) atoms. The number of nitrogens with two attached hydrogens (primary N) is 1. The Balaban J connectivity index is 2.15. The normalized spacial score (nSPS) is 12.1. The number of hydrogen-bond acceptors (Lipinski definition) is 5. The number of aromatic nitrogens is 3. The van der Waals surface area contributed by atoms with E-state index in [-0.39, 0.29) is 17.6 Å². The third-order valence-corrected chi connectivity index (χ3v) is 4.94. The van der Waals surface area contributed by atoms with Crippen molar-refractivity contribution >= 4 is 17.7 Å². The lowest BCUT2D eigenvalue weighted by Gasteiger charge is -2.14. The summed E-state index contributed by atoms with van der Waals surface area (Å²) >= 11 is 1.42. The van der Waals surface area contributed by atoms with Crippen molar-refractivity contribution in [1.82, 2.24) is 14.8 Å². The van der Waals surface area contributed by atoms with Crippen LogP contribution in [0.1, 0.15) is 37.2 Å². The first kappa shape index (κ1) is 20.0. The van der Waals surface area contributed by atoms with Crippen molar-refractivity contribution < 1.29 is 4.79 Å². The lowest BCUT2D eigenvalue weighted by atomic mass is 10.1. The first-order chi connectivity index (χ1) is 12.4. The first-order valence-electron chi connectivity index (χ1n) is 8.71. The molecule has 0 aliphatic rings. The molecule has 138 valence electrons. The molecule has 2 N–H and O–H groups in total. The minimum Gasteiger partial charge on any atom is -0.370 e. The van der Waals surface area contributed by atoms with Crippen molar-refractivity contribution in [2.45, 2.75) is 57.0 Å². The maximum absolute atomic E-state index is 11.1. The van der Waals surface area contributed by atoms with Crippen LogP contribution in [0.25, 0.3) is 0 Å². The van der Waals surface area contributed by atoms with Gasteiger partial charge in [0.25, 0.3) is 0 Å². The summed E-state index contributed by atoms with van der Waals surface area (Å²) in [6, 6.07) is 10.6. The van der Waals surface area contributed by atoms with Crippen LogP contribution < -0.4 is 5.73 Å². The first-order valence-corrected chi connectivity index (χ1v) is 9.59. The number of benzene rings is 1. The third kappa shape index (κ3) is 5.88. The number of nitriles is 1. The van der Waals surface area contributed by atoms with Crippen LogP contribution in [0.15, 0.2) is 29.4 Å². The van der Waals surface area contributed by atoms with Crippen molar-refractivity contribution in [3.05, 3.63) is 41.2 Å². The Bertz CT molecular complexity index is 776. The van der Waals surface area contributed by atoms with E-state index in [2.05, 4.69) is 54.4 Å². The molecule has 0 unspecified atom stereocenters. The summed E-state index contributed by atoms with van der Waals surface area (Å²) in [7, 11) is 0. The predicted molar refractivity (Wildman–Crippen MR) is 103 cm³/mol. The van der Waals surface area contributed by atoms with Crippen molar-refractivity contribution in [2.24, 2.45) is 11.7 Å². The molecule has 0 bridgehead atoms. The fourth-order valence-electron chi connectivity index (χ4n) is 2.55. The van der Waals surface area contributed by atoms with Gasteiger partial charge in [0.2, 0.25) is 5.91 Å². The molecule has 0 radical (unpaired) electrons. The fourth-order valence-corrected chi connectivity index (χ4v) is 3.53. The molecule has 1 aromatic heterocycles. The summed E-state index contributed by atoms with van der Waals surface area (Å²) in [6.45, 7) is 7.01. The van der Waals surface area contributed by atoms with Gasteiger partial charge in [0, 0.05) is 19.4 Å². The van der Waals surface area contributed by atoms with E-state index in [4.69, 9.17) is 5.73 Å². The summed E-state index contributed by atoms with van der Waals surface area (Å²) in [5.41, 5.74) is 7.58. The zero-order valence-corrected chi connectivity index (χ0v) is 16.3. The molecule has 0 saturated carbocycles. The van der Waals surface area contributed by atoms with Crippen LogP contribution in [0.3, 0.4) is 0 Å². The fraction of sp³-hybridized carbons (Fsp3) is 0.474.